The Morgan fingerprint density at radius 1 is 1.19 bits per heavy atom. The molecule has 0 saturated heterocycles. The summed E-state index contributed by atoms with van der Waals surface area (Å²) in [5, 5.41) is 0. The van der Waals surface area contributed by atoms with Crippen molar-refractivity contribution < 1.29 is 0 Å². The Labute approximate surface area is 106 Å². The van der Waals surface area contributed by atoms with Gasteiger partial charge in [-0.25, -0.2) is 0 Å². The smallest absolute Gasteiger partial charge is 0.264 e. The van der Waals surface area contributed by atoms with Crippen molar-refractivity contribution in [3.05, 3.63) is 33.2 Å². The topological polar surface area (TPSA) is 22.0 Å². The molecule has 0 fully saturated rings. The van der Waals surface area contributed by atoms with Crippen molar-refractivity contribution in [2.24, 2.45) is 0 Å². The van der Waals surface area contributed by atoms with Crippen LogP contribution >= 0.6 is 15.9 Å². The van der Waals surface area contributed by atoms with E-state index < -0.39 is 0 Å². The number of aromatic nitrogens is 1. The van der Waals surface area contributed by atoms with Crippen LogP contribution in [0.15, 0.2) is 27.6 Å². The van der Waals surface area contributed by atoms with E-state index in [1.165, 1.54) is 32.1 Å². The van der Waals surface area contributed by atoms with Gasteiger partial charge in [0.05, 0.1) is 4.47 Å². The van der Waals surface area contributed by atoms with Crippen LogP contribution in [0.25, 0.3) is 0 Å². The van der Waals surface area contributed by atoms with Crippen LogP contribution in [0, 0.1) is 0 Å². The predicted octanol–water partition coefficient (Wildman–Crippen LogP) is 3.97. The lowest BCUT2D eigenvalue weighted by atomic mass is 10.1. The van der Waals surface area contributed by atoms with Gasteiger partial charge in [-0.2, -0.15) is 0 Å². The minimum atomic E-state index is 0.0797. The third kappa shape index (κ3) is 4.52. The molecular formula is C13H20BrNO. The zero-order valence-electron chi connectivity index (χ0n) is 9.92. The monoisotopic (exact) mass is 285 g/mol. The van der Waals surface area contributed by atoms with Crippen molar-refractivity contribution in [1.82, 2.24) is 4.57 Å². The molecule has 0 aliphatic carbocycles. The van der Waals surface area contributed by atoms with Crippen LogP contribution in [0.1, 0.15) is 45.4 Å². The van der Waals surface area contributed by atoms with Crippen LogP contribution in [0.4, 0.5) is 0 Å². The van der Waals surface area contributed by atoms with Crippen LogP contribution in [-0.4, -0.2) is 4.57 Å². The molecule has 0 N–H and O–H groups in total. The van der Waals surface area contributed by atoms with Crippen LogP contribution in [0.2, 0.25) is 0 Å². The maximum absolute atomic E-state index is 11.7. The number of unbranched alkanes of at least 4 members (excludes halogenated alkanes) is 5. The molecule has 90 valence electrons. The molecule has 1 heterocycles. The zero-order chi connectivity index (χ0) is 11.8. The Hall–Kier alpha value is -0.570. The molecule has 0 atom stereocenters. The quantitative estimate of drug-likeness (QED) is 0.695. The molecule has 1 aromatic heterocycles. The molecule has 3 heteroatoms. The molecule has 0 amide bonds. The summed E-state index contributed by atoms with van der Waals surface area (Å²) in [5.74, 6) is 0. The average molecular weight is 286 g/mol. The summed E-state index contributed by atoms with van der Waals surface area (Å²) in [5.41, 5.74) is 0.0797. The van der Waals surface area contributed by atoms with E-state index in [2.05, 4.69) is 22.9 Å². The lowest BCUT2D eigenvalue weighted by molar-refractivity contribution is 0.549. The third-order valence-electron chi connectivity index (χ3n) is 2.73. The molecule has 2 nitrogen and oxygen atoms in total. The highest BCUT2D eigenvalue weighted by Crippen LogP contribution is 2.06. The van der Waals surface area contributed by atoms with Crippen molar-refractivity contribution in [2.45, 2.75) is 52.0 Å². The number of rotatable bonds is 7. The normalized spacial score (nSPS) is 10.6. The van der Waals surface area contributed by atoms with E-state index in [0.29, 0.717) is 4.47 Å². The zero-order valence-corrected chi connectivity index (χ0v) is 11.5. The molecule has 1 rings (SSSR count). The largest absolute Gasteiger partial charge is 0.315 e. The molecule has 0 bridgehead atoms. The first-order chi connectivity index (χ1) is 7.75. The number of aryl methyl sites for hydroxylation is 1. The van der Waals surface area contributed by atoms with Gasteiger partial charge in [0.1, 0.15) is 0 Å². The van der Waals surface area contributed by atoms with Gasteiger partial charge in [-0.3, -0.25) is 4.79 Å². The summed E-state index contributed by atoms with van der Waals surface area (Å²) in [7, 11) is 0. The van der Waals surface area contributed by atoms with Gasteiger partial charge in [0, 0.05) is 12.7 Å². The first kappa shape index (κ1) is 13.5. The summed E-state index contributed by atoms with van der Waals surface area (Å²) in [4.78, 5) is 11.7. The SMILES string of the molecule is CCCCCCCCn1cccc(Br)c1=O. The fraction of sp³-hybridized carbons (Fsp3) is 0.615. The van der Waals surface area contributed by atoms with Gasteiger partial charge in [-0.15, -0.1) is 0 Å². The van der Waals surface area contributed by atoms with Gasteiger partial charge in [-0.1, -0.05) is 39.0 Å². The van der Waals surface area contributed by atoms with Gasteiger partial charge in [0.2, 0.25) is 0 Å². The van der Waals surface area contributed by atoms with E-state index >= 15 is 0 Å². The van der Waals surface area contributed by atoms with Crippen molar-refractivity contribution >= 4 is 15.9 Å². The average Bonchev–Trinajstić information content (AvgIpc) is 2.29. The van der Waals surface area contributed by atoms with E-state index in [4.69, 9.17) is 0 Å². The Morgan fingerprint density at radius 2 is 1.88 bits per heavy atom. The van der Waals surface area contributed by atoms with Crippen LogP contribution in [0.5, 0.6) is 0 Å². The van der Waals surface area contributed by atoms with Crippen molar-refractivity contribution in [3.8, 4) is 0 Å². The first-order valence-electron chi connectivity index (χ1n) is 6.10. The van der Waals surface area contributed by atoms with Crippen molar-refractivity contribution in [3.63, 3.8) is 0 Å². The fourth-order valence-corrected chi connectivity index (χ4v) is 2.13. The summed E-state index contributed by atoms with van der Waals surface area (Å²) in [6.07, 6.45) is 9.40. The third-order valence-corrected chi connectivity index (χ3v) is 3.33. The molecule has 0 radical (unpaired) electrons. The van der Waals surface area contributed by atoms with Gasteiger partial charge in [0.25, 0.3) is 5.56 Å². The second kappa shape index (κ2) is 7.66. The molecule has 0 aromatic carbocycles. The van der Waals surface area contributed by atoms with Crippen LogP contribution in [0.3, 0.4) is 0 Å². The summed E-state index contributed by atoms with van der Waals surface area (Å²) in [6.45, 7) is 3.06. The Bertz CT molecular complexity index is 359. The Balaban J connectivity index is 2.27. The summed E-state index contributed by atoms with van der Waals surface area (Å²) in [6, 6.07) is 3.70. The number of halogens is 1. The molecule has 16 heavy (non-hydrogen) atoms. The van der Waals surface area contributed by atoms with Gasteiger partial charge < -0.3 is 4.57 Å². The van der Waals surface area contributed by atoms with E-state index in [0.717, 1.165) is 13.0 Å². The van der Waals surface area contributed by atoms with Crippen LogP contribution < -0.4 is 5.56 Å². The fourth-order valence-electron chi connectivity index (χ4n) is 1.75. The lowest BCUT2D eigenvalue weighted by Gasteiger charge is -2.05. The molecule has 0 aliphatic rings. The molecule has 1 aromatic rings. The molecule has 0 saturated carbocycles. The van der Waals surface area contributed by atoms with Gasteiger partial charge >= 0.3 is 0 Å². The highest BCUT2D eigenvalue weighted by atomic mass is 79.9. The highest BCUT2D eigenvalue weighted by molar-refractivity contribution is 9.10. The molecule has 0 unspecified atom stereocenters. The molecular weight excluding hydrogens is 266 g/mol. The predicted molar refractivity (Wildman–Crippen MR) is 71.8 cm³/mol. The van der Waals surface area contributed by atoms with Crippen molar-refractivity contribution in [1.29, 1.82) is 0 Å². The highest BCUT2D eigenvalue weighted by Gasteiger charge is 1.99. The van der Waals surface area contributed by atoms with Crippen molar-refractivity contribution in [2.75, 3.05) is 0 Å². The Kier molecular flexibility index (Phi) is 6.46. The minimum Gasteiger partial charge on any atom is -0.315 e. The molecule has 0 aliphatic heterocycles. The van der Waals surface area contributed by atoms with Crippen LogP contribution in [-0.2, 0) is 6.54 Å². The summed E-state index contributed by atoms with van der Waals surface area (Å²) < 4.78 is 2.44. The molecule has 0 spiro atoms. The maximum atomic E-state index is 11.7. The maximum Gasteiger partial charge on any atom is 0.264 e. The number of hydrogen-bond donors (Lipinski definition) is 0. The number of hydrogen-bond acceptors (Lipinski definition) is 1. The standard InChI is InChI=1S/C13H20BrNO/c1-2-3-4-5-6-7-10-15-11-8-9-12(14)13(15)16/h8-9,11H,2-7,10H2,1H3. The van der Waals surface area contributed by atoms with E-state index in [9.17, 15) is 4.79 Å². The van der Waals surface area contributed by atoms with E-state index in [1.54, 1.807) is 10.6 Å². The number of pyridine rings is 1. The van der Waals surface area contributed by atoms with Gasteiger partial charge in [-0.05, 0) is 34.5 Å². The van der Waals surface area contributed by atoms with E-state index in [-0.39, 0.29) is 5.56 Å². The second-order valence-electron chi connectivity index (χ2n) is 4.12. The second-order valence-corrected chi connectivity index (χ2v) is 4.98. The summed E-state index contributed by atoms with van der Waals surface area (Å²) >= 11 is 3.26. The van der Waals surface area contributed by atoms with Gasteiger partial charge in [0.15, 0.2) is 0 Å². The lowest BCUT2D eigenvalue weighted by Crippen LogP contribution is -2.19. The first-order valence-corrected chi connectivity index (χ1v) is 6.90. The Morgan fingerprint density at radius 3 is 2.62 bits per heavy atom. The van der Waals surface area contributed by atoms with E-state index in [1.807, 2.05) is 12.3 Å². The number of nitrogens with zero attached hydrogens (tertiary/aromatic N) is 1. The minimum absolute atomic E-state index is 0.0797.